The monoisotopic (exact) mass is 201 g/mol. The standard InChI is InChI=1S/C10H19NOS/c1-10(12)13-9-7-5-3-2-4-6-8-11/h7,9H,2-6,8,11H2,1H3. The molecular formula is C10H19NOS. The van der Waals surface area contributed by atoms with Crippen LogP contribution in [-0.2, 0) is 4.79 Å². The molecule has 0 aromatic carbocycles. The van der Waals surface area contributed by atoms with E-state index in [0.29, 0.717) is 0 Å². The van der Waals surface area contributed by atoms with Crippen molar-refractivity contribution in [2.75, 3.05) is 6.54 Å². The maximum atomic E-state index is 10.5. The van der Waals surface area contributed by atoms with Gasteiger partial charge < -0.3 is 5.73 Å². The predicted molar refractivity (Wildman–Crippen MR) is 59.6 cm³/mol. The topological polar surface area (TPSA) is 43.1 Å². The molecule has 76 valence electrons. The van der Waals surface area contributed by atoms with Gasteiger partial charge in [0.1, 0.15) is 0 Å². The van der Waals surface area contributed by atoms with Crippen molar-refractivity contribution in [1.29, 1.82) is 0 Å². The second kappa shape index (κ2) is 9.81. The summed E-state index contributed by atoms with van der Waals surface area (Å²) in [4.78, 5) is 10.5. The molecule has 13 heavy (non-hydrogen) atoms. The van der Waals surface area contributed by atoms with Gasteiger partial charge in [0.05, 0.1) is 0 Å². The number of unbranched alkanes of at least 4 members (excludes halogenated alkanes) is 4. The average Bonchev–Trinajstić information content (AvgIpc) is 2.09. The summed E-state index contributed by atoms with van der Waals surface area (Å²) >= 11 is 1.26. The highest BCUT2D eigenvalue weighted by molar-refractivity contribution is 8.16. The van der Waals surface area contributed by atoms with Gasteiger partial charge in [-0.1, -0.05) is 30.7 Å². The molecule has 2 nitrogen and oxygen atoms in total. The molecule has 0 unspecified atom stereocenters. The molecule has 0 radical (unpaired) electrons. The lowest BCUT2D eigenvalue weighted by Gasteiger charge is -1.95. The minimum Gasteiger partial charge on any atom is -0.330 e. The summed E-state index contributed by atoms with van der Waals surface area (Å²) in [6.45, 7) is 2.38. The summed E-state index contributed by atoms with van der Waals surface area (Å²) in [7, 11) is 0. The van der Waals surface area contributed by atoms with Crippen LogP contribution in [0, 0.1) is 0 Å². The van der Waals surface area contributed by atoms with Gasteiger partial charge in [0.25, 0.3) is 0 Å². The Kier molecular flexibility index (Phi) is 9.59. The zero-order valence-electron chi connectivity index (χ0n) is 8.29. The zero-order chi connectivity index (χ0) is 9.94. The van der Waals surface area contributed by atoms with E-state index in [-0.39, 0.29) is 5.12 Å². The molecule has 0 aromatic rings. The van der Waals surface area contributed by atoms with Gasteiger partial charge in [-0.25, -0.2) is 0 Å². The Labute approximate surface area is 85.0 Å². The van der Waals surface area contributed by atoms with Gasteiger partial charge in [0.15, 0.2) is 5.12 Å². The lowest BCUT2D eigenvalue weighted by Crippen LogP contribution is -1.97. The average molecular weight is 201 g/mol. The van der Waals surface area contributed by atoms with Crippen molar-refractivity contribution >= 4 is 16.9 Å². The number of rotatable bonds is 7. The molecule has 0 aliphatic rings. The fourth-order valence-electron chi connectivity index (χ4n) is 0.972. The molecule has 0 saturated heterocycles. The van der Waals surface area contributed by atoms with Gasteiger partial charge in [-0.15, -0.1) is 0 Å². The van der Waals surface area contributed by atoms with Crippen molar-refractivity contribution in [1.82, 2.24) is 0 Å². The van der Waals surface area contributed by atoms with Crippen LogP contribution >= 0.6 is 11.8 Å². The minimum atomic E-state index is 0.152. The summed E-state index contributed by atoms with van der Waals surface area (Å²) < 4.78 is 0. The summed E-state index contributed by atoms with van der Waals surface area (Å²) in [5.41, 5.74) is 5.37. The third-order valence-corrected chi connectivity index (χ3v) is 2.32. The second-order valence-corrected chi connectivity index (χ2v) is 4.06. The van der Waals surface area contributed by atoms with E-state index in [2.05, 4.69) is 6.08 Å². The highest BCUT2D eigenvalue weighted by atomic mass is 32.2. The smallest absolute Gasteiger partial charge is 0.190 e. The van der Waals surface area contributed by atoms with E-state index in [1.54, 1.807) is 6.92 Å². The molecular weight excluding hydrogens is 182 g/mol. The summed E-state index contributed by atoms with van der Waals surface area (Å²) in [6.07, 6.45) is 7.94. The fourth-order valence-corrected chi connectivity index (χ4v) is 1.40. The van der Waals surface area contributed by atoms with E-state index in [0.717, 1.165) is 19.4 Å². The van der Waals surface area contributed by atoms with E-state index in [9.17, 15) is 4.79 Å². The van der Waals surface area contributed by atoms with Crippen molar-refractivity contribution < 1.29 is 4.79 Å². The van der Waals surface area contributed by atoms with Crippen molar-refractivity contribution in [2.24, 2.45) is 5.73 Å². The van der Waals surface area contributed by atoms with Crippen LogP contribution in [0.5, 0.6) is 0 Å². The Morgan fingerprint density at radius 3 is 2.62 bits per heavy atom. The molecule has 0 rings (SSSR count). The molecule has 2 N–H and O–H groups in total. The van der Waals surface area contributed by atoms with Gasteiger partial charge in [-0.2, -0.15) is 0 Å². The molecule has 0 aliphatic heterocycles. The number of allylic oxidation sites excluding steroid dienone is 1. The van der Waals surface area contributed by atoms with Crippen LogP contribution in [0.1, 0.15) is 39.0 Å². The molecule has 0 aromatic heterocycles. The van der Waals surface area contributed by atoms with Crippen molar-refractivity contribution in [3.05, 3.63) is 11.5 Å². The lowest BCUT2D eigenvalue weighted by molar-refractivity contribution is -0.109. The van der Waals surface area contributed by atoms with Crippen LogP contribution in [0.3, 0.4) is 0 Å². The molecule has 0 heterocycles. The van der Waals surface area contributed by atoms with Gasteiger partial charge in [0, 0.05) is 6.92 Å². The number of nitrogens with two attached hydrogens (primary N) is 1. The van der Waals surface area contributed by atoms with Gasteiger partial charge in [-0.3, -0.25) is 4.79 Å². The van der Waals surface area contributed by atoms with E-state index < -0.39 is 0 Å². The first-order chi connectivity index (χ1) is 6.27. The molecule has 0 aliphatic carbocycles. The number of thioether (sulfide) groups is 1. The summed E-state index contributed by atoms with van der Waals surface area (Å²) in [5.74, 6) is 0. The summed E-state index contributed by atoms with van der Waals surface area (Å²) in [5, 5.41) is 2.03. The molecule has 3 heteroatoms. The van der Waals surface area contributed by atoms with E-state index in [4.69, 9.17) is 5.73 Å². The highest BCUT2D eigenvalue weighted by Gasteiger charge is 1.88. The van der Waals surface area contributed by atoms with Crippen LogP contribution in [-0.4, -0.2) is 11.7 Å². The predicted octanol–water partition coefficient (Wildman–Crippen LogP) is 2.69. The van der Waals surface area contributed by atoms with Crippen LogP contribution in [0.25, 0.3) is 0 Å². The SMILES string of the molecule is CC(=O)SC=CCCCCCCN. The van der Waals surface area contributed by atoms with Crippen molar-refractivity contribution in [2.45, 2.75) is 39.0 Å². The minimum absolute atomic E-state index is 0.152. The number of hydrogen-bond acceptors (Lipinski definition) is 3. The Morgan fingerprint density at radius 1 is 1.31 bits per heavy atom. The fraction of sp³-hybridized carbons (Fsp3) is 0.700. The number of carbonyl (C=O) groups is 1. The maximum absolute atomic E-state index is 10.5. The van der Waals surface area contributed by atoms with Crippen LogP contribution in [0.15, 0.2) is 11.5 Å². The van der Waals surface area contributed by atoms with Crippen LogP contribution in [0.4, 0.5) is 0 Å². The Hall–Kier alpha value is -0.280. The third-order valence-electron chi connectivity index (χ3n) is 1.66. The Morgan fingerprint density at radius 2 is 2.00 bits per heavy atom. The van der Waals surface area contributed by atoms with E-state index in [1.165, 1.54) is 31.0 Å². The molecule has 0 amide bonds. The second-order valence-electron chi connectivity index (χ2n) is 2.97. The first-order valence-corrected chi connectivity index (χ1v) is 5.67. The molecule has 0 bridgehead atoms. The van der Waals surface area contributed by atoms with Gasteiger partial charge >= 0.3 is 0 Å². The van der Waals surface area contributed by atoms with E-state index >= 15 is 0 Å². The van der Waals surface area contributed by atoms with Crippen LogP contribution in [0.2, 0.25) is 0 Å². The number of hydrogen-bond donors (Lipinski definition) is 1. The Bertz CT molecular complexity index is 157. The van der Waals surface area contributed by atoms with Crippen molar-refractivity contribution in [3.63, 3.8) is 0 Å². The van der Waals surface area contributed by atoms with Gasteiger partial charge in [-0.05, 0) is 31.2 Å². The highest BCUT2D eigenvalue weighted by Crippen LogP contribution is 2.07. The zero-order valence-corrected chi connectivity index (χ0v) is 9.11. The quantitative estimate of drug-likeness (QED) is 0.644. The summed E-state index contributed by atoms with van der Waals surface area (Å²) in [6, 6.07) is 0. The maximum Gasteiger partial charge on any atom is 0.190 e. The molecule has 0 fully saturated rings. The number of carbonyl (C=O) groups excluding carboxylic acids is 1. The normalized spacial score (nSPS) is 10.9. The van der Waals surface area contributed by atoms with E-state index in [1.807, 2.05) is 5.41 Å². The molecule has 0 spiro atoms. The lowest BCUT2D eigenvalue weighted by atomic mass is 10.1. The molecule has 0 atom stereocenters. The van der Waals surface area contributed by atoms with Gasteiger partial charge in [0.2, 0.25) is 0 Å². The Balaban J connectivity index is 3.06. The first-order valence-electron chi connectivity index (χ1n) is 4.79. The largest absolute Gasteiger partial charge is 0.330 e. The van der Waals surface area contributed by atoms with Crippen molar-refractivity contribution in [3.8, 4) is 0 Å². The van der Waals surface area contributed by atoms with Crippen LogP contribution < -0.4 is 5.73 Å². The molecule has 0 saturated carbocycles. The first kappa shape index (κ1) is 12.7. The third kappa shape index (κ3) is 11.7.